The van der Waals surface area contributed by atoms with E-state index in [1.54, 1.807) is 6.26 Å². The molecule has 2 aromatic rings. The van der Waals surface area contributed by atoms with Gasteiger partial charge in [0, 0.05) is 22.6 Å². The molecule has 0 radical (unpaired) electrons. The molecule has 0 spiro atoms. The number of fused-ring (bicyclic) bond motifs is 1. The van der Waals surface area contributed by atoms with Gasteiger partial charge in [0.25, 0.3) is 0 Å². The summed E-state index contributed by atoms with van der Waals surface area (Å²) >= 11 is 9.76. The average molecular weight is 371 g/mol. The number of rotatable bonds is 5. The number of benzene rings is 1. The number of hydrogen-bond acceptors (Lipinski definition) is 3. The summed E-state index contributed by atoms with van der Waals surface area (Å²) in [7, 11) is 0. The van der Waals surface area contributed by atoms with Crippen molar-refractivity contribution < 1.29 is 9.15 Å². The Morgan fingerprint density at radius 2 is 2.24 bits per heavy atom. The zero-order valence-electron chi connectivity index (χ0n) is 11.8. The second-order valence-electron chi connectivity index (χ2n) is 5.12. The van der Waals surface area contributed by atoms with Crippen molar-refractivity contribution >= 4 is 27.5 Å². The van der Waals surface area contributed by atoms with Crippen LogP contribution in [0.2, 0.25) is 5.02 Å². The second-order valence-corrected chi connectivity index (χ2v) is 6.28. The second kappa shape index (κ2) is 6.42. The molecule has 21 heavy (non-hydrogen) atoms. The molecule has 1 aromatic heterocycles. The Kier molecular flexibility index (Phi) is 4.57. The SMILES string of the molecule is CCCNC(c1ccoc1Br)c1cc(Cl)cc2c1OCC2. The third-order valence-electron chi connectivity index (χ3n) is 3.64. The van der Waals surface area contributed by atoms with Gasteiger partial charge in [0.15, 0.2) is 4.67 Å². The summed E-state index contributed by atoms with van der Waals surface area (Å²) in [4.78, 5) is 0. The largest absolute Gasteiger partial charge is 0.493 e. The molecule has 0 saturated carbocycles. The van der Waals surface area contributed by atoms with Gasteiger partial charge in [-0.2, -0.15) is 0 Å². The smallest absolute Gasteiger partial charge is 0.174 e. The number of ether oxygens (including phenoxy) is 1. The Morgan fingerprint density at radius 3 is 2.95 bits per heavy atom. The fourth-order valence-electron chi connectivity index (χ4n) is 2.70. The van der Waals surface area contributed by atoms with Crippen LogP contribution in [0.1, 0.15) is 36.1 Å². The van der Waals surface area contributed by atoms with Gasteiger partial charge in [0.2, 0.25) is 0 Å². The van der Waals surface area contributed by atoms with Crippen LogP contribution in [-0.2, 0) is 6.42 Å². The van der Waals surface area contributed by atoms with Crippen molar-refractivity contribution in [3.63, 3.8) is 0 Å². The highest BCUT2D eigenvalue weighted by atomic mass is 79.9. The van der Waals surface area contributed by atoms with Crippen LogP contribution in [-0.4, -0.2) is 13.2 Å². The number of halogens is 2. The minimum absolute atomic E-state index is 0.00336. The predicted molar refractivity (Wildman–Crippen MR) is 87.2 cm³/mol. The van der Waals surface area contributed by atoms with Gasteiger partial charge in [-0.3, -0.25) is 0 Å². The van der Waals surface area contributed by atoms with Gasteiger partial charge in [-0.15, -0.1) is 0 Å². The van der Waals surface area contributed by atoms with E-state index in [0.717, 1.165) is 52.6 Å². The Balaban J connectivity index is 2.07. The number of nitrogens with one attached hydrogen (secondary N) is 1. The molecule has 0 bridgehead atoms. The van der Waals surface area contributed by atoms with Crippen molar-refractivity contribution in [2.45, 2.75) is 25.8 Å². The van der Waals surface area contributed by atoms with Crippen LogP contribution in [0.4, 0.5) is 0 Å². The standard InChI is InChI=1S/C16H17BrClNO2/c1-2-5-19-14(12-4-7-21-16(12)17)13-9-11(18)8-10-3-6-20-15(10)13/h4,7-9,14,19H,2-3,5-6H2,1H3. The topological polar surface area (TPSA) is 34.4 Å². The van der Waals surface area contributed by atoms with Crippen LogP contribution < -0.4 is 10.1 Å². The first kappa shape index (κ1) is 14.9. The van der Waals surface area contributed by atoms with Gasteiger partial charge in [0.05, 0.1) is 18.9 Å². The van der Waals surface area contributed by atoms with Gasteiger partial charge in [0.1, 0.15) is 5.75 Å². The minimum atomic E-state index is 0.00336. The van der Waals surface area contributed by atoms with Gasteiger partial charge >= 0.3 is 0 Å². The van der Waals surface area contributed by atoms with Crippen LogP contribution in [0, 0.1) is 0 Å². The molecule has 3 nitrogen and oxygen atoms in total. The van der Waals surface area contributed by atoms with Crippen molar-refractivity contribution in [1.82, 2.24) is 5.32 Å². The molecular formula is C16H17BrClNO2. The fraction of sp³-hybridized carbons (Fsp3) is 0.375. The summed E-state index contributed by atoms with van der Waals surface area (Å²) < 4.78 is 12.0. The van der Waals surface area contributed by atoms with Crippen LogP contribution in [0.5, 0.6) is 5.75 Å². The first-order chi connectivity index (χ1) is 10.2. The molecule has 112 valence electrons. The molecule has 1 aromatic carbocycles. The monoisotopic (exact) mass is 369 g/mol. The molecule has 0 fully saturated rings. The summed E-state index contributed by atoms with van der Waals surface area (Å²) in [6.07, 6.45) is 3.65. The average Bonchev–Trinajstić information content (AvgIpc) is 3.08. The molecule has 1 aliphatic rings. The quantitative estimate of drug-likeness (QED) is 0.827. The van der Waals surface area contributed by atoms with Crippen molar-refractivity contribution in [3.05, 3.63) is 50.8 Å². The minimum Gasteiger partial charge on any atom is -0.493 e. The van der Waals surface area contributed by atoms with E-state index in [1.807, 2.05) is 18.2 Å². The van der Waals surface area contributed by atoms with Crippen molar-refractivity contribution in [2.24, 2.45) is 0 Å². The lowest BCUT2D eigenvalue weighted by Gasteiger charge is -2.21. The molecule has 0 saturated heterocycles. The molecule has 1 aliphatic heterocycles. The van der Waals surface area contributed by atoms with Crippen LogP contribution in [0.3, 0.4) is 0 Å². The first-order valence-corrected chi connectivity index (χ1v) is 8.29. The van der Waals surface area contributed by atoms with Crippen LogP contribution in [0.25, 0.3) is 0 Å². The third kappa shape index (κ3) is 2.98. The van der Waals surface area contributed by atoms with Gasteiger partial charge in [-0.1, -0.05) is 18.5 Å². The predicted octanol–water partition coefficient (Wildman–Crippen LogP) is 4.72. The lowest BCUT2D eigenvalue weighted by atomic mass is 9.97. The van der Waals surface area contributed by atoms with E-state index in [-0.39, 0.29) is 6.04 Å². The maximum absolute atomic E-state index is 6.29. The van der Waals surface area contributed by atoms with E-state index in [2.05, 4.69) is 28.2 Å². The van der Waals surface area contributed by atoms with Crippen LogP contribution in [0.15, 0.2) is 33.5 Å². The maximum Gasteiger partial charge on any atom is 0.174 e. The molecular weight excluding hydrogens is 354 g/mol. The first-order valence-electron chi connectivity index (χ1n) is 7.12. The number of furan rings is 1. The molecule has 3 rings (SSSR count). The molecule has 5 heteroatoms. The Hall–Kier alpha value is -0.970. The Morgan fingerprint density at radius 1 is 1.38 bits per heavy atom. The molecule has 0 aliphatic carbocycles. The Labute approximate surface area is 137 Å². The summed E-state index contributed by atoms with van der Waals surface area (Å²) in [5.41, 5.74) is 3.31. The fourth-order valence-corrected chi connectivity index (χ4v) is 3.42. The third-order valence-corrected chi connectivity index (χ3v) is 4.51. The molecule has 1 unspecified atom stereocenters. The van der Waals surface area contributed by atoms with E-state index in [9.17, 15) is 0 Å². The summed E-state index contributed by atoms with van der Waals surface area (Å²) in [5.74, 6) is 0.959. The zero-order valence-corrected chi connectivity index (χ0v) is 14.1. The van der Waals surface area contributed by atoms with E-state index in [1.165, 1.54) is 5.56 Å². The van der Waals surface area contributed by atoms with Crippen molar-refractivity contribution in [2.75, 3.05) is 13.2 Å². The van der Waals surface area contributed by atoms with E-state index in [0.29, 0.717) is 0 Å². The van der Waals surface area contributed by atoms with Gasteiger partial charge in [-0.05, 0) is 52.7 Å². The van der Waals surface area contributed by atoms with Crippen molar-refractivity contribution in [3.8, 4) is 5.75 Å². The van der Waals surface area contributed by atoms with Crippen LogP contribution >= 0.6 is 27.5 Å². The van der Waals surface area contributed by atoms with Gasteiger partial charge < -0.3 is 14.5 Å². The van der Waals surface area contributed by atoms with E-state index >= 15 is 0 Å². The highest BCUT2D eigenvalue weighted by molar-refractivity contribution is 9.10. The highest BCUT2D eigenvalue weighted by Crippen LogP contribution is 2.40. The molecule has 1 N–H and O–H groups in total. The summed E-state index contributed by atoms with van der Waals surface area (Å²) in [6, 6.07) is 5.95. The highest BCUT2D eigenvalue weighted by Gasteiger charge is 2.26. The lowest BCUT2D eigenvalue weighted by molar-refractivity contribution is 0.350. The zero-order chi connectivity index (χ0) is 14.8. The lowest BCUT2D eigenvalue weighted by Crippen LogP contribution is -2.23. The molecule has 2 heterocycles. The molecule has 0 amide bonds. The summed E-state index contributed by atoms with van der Waals surface area (Å²) in [5, 5.41) is 4.30. The van der Waals surface area contributed by atoms with Crippen molar-refractivity contribution in [1.29, 1.82) is 0 Å². The normalized spacial score (nSPS) is 14.8. The van der Waals surface area contributed by atoms with E-state index in [4.69, 9.17) is 20.8 Å². The van der Waals surface area contributed by atoms with Gasteiger partial charge in [-0.25, -0.2) is 0 Å². The Bertz CT molecular complexity index is 641. The summed E-state index contributed by atoms with van der Waals surface area (Å²) in [6.45, 7) is 3.77. The van der Waals surface area contributed by atoms with E-state index < -0.39 is 0 Å². The maximum atomic E-state index is 6.29. The number of hydrogen-bond donors (Lipinski definition) is 1. The molecule has 1 atom stereocenters.